The number of sulfonamides is 1. The van der Waals surface area contributed by atoms with Crippen LogP contribution in [0.25, 0.3) is 0 Å². The van der Waals surface area contributed by atoms with Gasteiger partial charge >= 0.3 is 0 Å². The van der Waals surface area contributed by atoms with Gasteiger partial charge in [-0.3, -0.25) is 4.98 Å². The fourth-order valence-electron chi connectivity index (χ4n) is 1.94. The maximum Gasteiger partial charge on any atom is 0.242 e. The molecule has 0 amide bonds. The van der Waals surface area contributed by atoms with Gasteiger partial charge in [0.05, 0.1) is 12.1 Å². The fraction of sp³-hybridized carbons (Fsp3) is 0.545. The predicted molar refractivity (Wildman–Crippen MR) is 70.7 cm³/mol. The molecule has 1 aliphatic rings. The summed E-state index contributed by atoms with van der Waals surface area (Å²) in [5, 5.41) is 0. The van der Waals surface area contributed by atoms with Crippen molar-refractivity contribution in [1.82, 2.24) is 9.71 Å². The van der Waals surface area contributed by atoms with Crippen LogP contribution in [0.2, 0.25) is 0 Å². The van der Waals surface area contributed by atoms with Crippen molar-refractivity contribution in [2.24, 2.45) is 0 Å². The molecule has 1 aromatic rings. The van der Waals surface area contributed by atoms with Gasteiger partial charge in [-0.05, 0) is 41.8 Å². The minimum atomic E-state index is -3.56. The molecule has 1 atom stereocenters. The molecular formula is C11H15BrN2O3S. The third-order valence-corrected chi connectivity index (χ3v) is 4.85. The number of rotatable bonds is 3. The van der Waals surface area contributed by atoms with E-state index < -0.39 is 15.6 Å². The second kappa shape index (κ2) is 5.24. The van der Waals surface area contributed by atoms with E-state index in [0.29, 0.717) is 17.7 Å². The Kier molecular flexibility index (Phi) is 4.05. The molecule has 1 aliphatic heterocycles. The minimum absolute atomic E-state index is 0.156. The zero-order valence-corrected chi connectivity index (χ0v) is 12.4. The van der Waals surface area contributed by atoms with E-state index >= 15 is 0 Å². The quantitative estimate of drug-likeness (QED) is 0.913. The SMILES string of the molecule is CC1(NS(=O)(=O)c2cncc(Br)c2)CCCOC1. The van der Waals surface area contributed by atoms with Crippen molar-refractivity contribution < 1.29 is 13.2 Å². The number of hydrogen-bond donors (Lipinski definition) is 1. The van der Waals surface area contributed by atoms with Gasteiger partial charge in [-0.15, -0.1) is 0 Å². The topological polar surface area (TPSA) is 68.3 Å². The van der Waals surface area contributed by atoms with E-state index in [1.807, 2.05) is 6.92 Å². The molecule has 0 saturated carbocycles. The Morgan fingerprint density at radius 2 is 2.28 bits per heavy atom. The van der Waals surface area contributed by atoms with E-state index in [4.69, 9.17) is 4.74 Å². The van der Waals surface area contributed by atoms with Crippen molar-refractivity contribution in [2.75, 3.05) is 13.2 Å². The van der Waals surface area contributed by atoms with Gasteiger partial charge in [-0.25, -0.2) is 13.1 Å². The molecule has 0 bridgehead atoms. The summed E-state index contributed by atoms with van der Waals surface area (Å²) in [6, 6.07) is 1.53. The molecule has 7 heteroatoms. The van der Waals surface area contributed by atoms with Crippen molar-refractivity contribution in [3.63, 3.8) is 0 Å². The van der Waals surface area contributed by atoms with Crippen LogP contribution in [-0.2, 0) is 14.8 Å². The first-order valence-electron chi connectivity index (χ1n) is 5.64. The van der Waals surface area contributed by atoms with Gasteiger partial charge in [0, 0.05) is 23.5 Å². The Hall–Kier alpha value is -0.500. The lowest BCUT2D eigenvalue weighted by Crippen LogP contribution is -2.51. The third kappa shape index (κ3) is 3.28. The average Bonchev–Trinajstić information content (AvgIpc) is 2.28. The molecule has 1 N–H and O–H groups in total. The first kappa shape index (κ1) is 13.9. The van der Waals surface area contributed by atoms with E-state index in [1.165, 1.54) is 12.3 Å². The summed E-state index contributed by atoms with van der Waals surface area (Å²) in [6.45, 7) is 2.94. The second-order valence-electron chi connectivity index (χ2n) is 4.66. The van der Waals surface area contributed by atoms with E-state index in [0.717, 1.165) is 12.8 Å². The third-order valence-electron chi connectivity index (χ3n) is 2.81. The molecule has 2 rings (SSSR count). The number of hydrogen-bond acceptors (Lipinski definition) is 4. The van der Waals surface area contributed by atoms with Gasteiger partial charge in [0.1, 0.15) is 4.90 Å². The number of ether oxygens (including phenoxy) is 1. The predicted octanol–water partition coefficient (Wildman–Crippen LogP) is 1.69. The molecule has 1 fully saturated rings. The minimum Gasteiger partial charge on any atom is -0.380 e. The second-order valence-corrected chi connectivity index (χ2v) is 7.26. The summed E-state index contributed by atoms with van der Waals surface area (Å²) in [4.78, 5) is 4.03. The summed E-state index contributed by atoms with van der Waals surface area (Å²) in [5.74, 6) is 0. The van der Waals surface area contributed by atoms with Crippen LogP contribution in [0.4, 0.5) is 0 Å². The van der Waals surface area contributed by atoms with Crippen molar-refractivity contribution in [2.45, 2.75) is 30.2 Å². The highest BCUT2D eigenvalue weighted by Crippen LogP contribution is 2.22. The maximum atomic E-state index is 12.2. The van der Waals surface area contributed by atoms with Crippen molar-refractivity contribution in [3.8, 4) is 0 Å². The van der Waals surface area contributed by atoms with E-state index in [1.54, 1.807) is 6.20 Å². The Bertz CT molecular complexity index is 527. The molecule has 1 unspecified atom stereocenters. The van der Waals surface area contributed by atoms with Crippen LogP contribution in [0.5, 0.6) is 0 Å². The Balaban J connectivity index is 2.21. The van der Waals surface area contributed by atoms with Gasteiger partial charge in [-0.1, -0.05) is 0 Å². The average molecular weight is 335 g/mol. The lowest BCUT2D eigenvalue weighted by molar-refractivity contribution is 0.0386. The Morgan fingerprint density at radius 3 is 2.89 bits per heavy atom. The normalized spacial score (nSPS) is 25.0. The summed E-state index contributed by atoms with van der Waals surface area (Å²) in [7, 11) is -3.56. The molecule has 0 aliphatic carbocycles. The standard InChI is InChI=1S/C11H15BrN2O3S/c1-11(3-2-4-17-8-11)14-18(15,16)10-5-9(12)6-13-7-10/h5-7,14H,2-4,8H2,1H3. The zero-order chi connectivity index (χ0) is 13.2. The summed E-state index contributed by atoms with van der Waals surface area (Å²) < 4.78 is 33.1. The molecule has 1 saturated heterocycles. The van der Waals surface area contributed by atoms with E-state index in [2.05, 4.69) is 25.6 Å². The van der Waals surface area contributed by atoms with E-state index in [9.17, 15) is 8.42 Å². The number of nitrogens with zero attached hydrogens (tertiary/aromatic N) is 1. The molecule has 0 radical (unpaired) electrons. The first-order valence-corrected chi connectivity index (χ1v) is 7.91. The molecule has 1 aromatic heterocycles. The number of nitrogens with one attached hydrogen (secondary N) is 1. The number of aromatic nitrogens is 1. The van der Waals surface area contributed by atoms with Crippen molar-refractivity contribution >= 4 is 26.0 Å². The largest absolute Gasteiger partial charge is 0.380 e. The molecule has 0 spiro atoms. The lowest BCUT2D eigenvalue weighted by atomic mass is 9.97. The number of halogens is 1. The van der Waals surface area contributed by atoms with Crippen molar-refractivity contribution in [3.05, 3.63) is 22.9 Å². The molecule has 0 aromatic carbocycles. The van der Waals surface area contributed by atoms with E-state index in [-0.39, 0.29) is 4.90 Å². The summed E-state index contributed by atoms with van der Waals surface area (Å²) >= 11 is 3.21. The van der Waals surface area contributed by atoms with Gasteiger partial charge in [0.2, 0.25) is 10.0 Å². The lowest BCUT2D eigenvalue weighted by Gasteiger charge is -2.33. The highest BCUT2D eigenvalue weighted by Gasteiger charge is 2.33. The monoisotopic (exact) mass is 334 g/mol. The molecule has 5 nitrogen and oxygen atoms in total. The van der Waals surface area contributed by atoms with Crippen LogP contribution >= 0.6 is 15.9 Å². The highest BCUT2D eigenvalue weighted by molar-refractivity contribution is 9.10. The van der Waals surface area contributed by atoms with Crippen LogP contribution in [0.1, 0.15) is 19.8 Å². The van der Waals surface area contributed by atoms with Gasteiger partial charge in [-0.2, -0.15) is 0 Å². The Labute approximate surface area is 115 Å². The molecule has 2 heterocycles. The van der Waals surface area contributed by atoms with Crippen LogP contribution in [0.3, 0.4) is 0 Å². The molecule has 100 valence electrons. The number of pyridine rings is 1. The van der Waals surface area contributed by atoms with Crippen molar-refractivity contribution in [1.29, 1.82) is 0 Å². The van der Waals surface area contributed by atoms with Gasteiger partial charge < -0.3 is 4.74 Å². The van der Waals surface area contributed by atoms with Crippen LogP contribution in [0, 0.1) is 0 Å². The van der Waals surface area contributed by atoms with Crippen LogP contribution < -0.4 is 4.72 Å². The van der Waals surface area contributed by atoms with Crippen LogP contribution in [-0.4, -0.2) is 32.2 Å². The van der Waals surface area contributed by atoms with Gasteiger partial charge in [0.25, 0.3) is 0 Å². The fourth-order valence-corrected chi connectivity index (χ4v) is 3.86. The van der Waals surface area contributed by atoms with Gasteiger partial charge in [0.15, 0.2) is 0 Å². The summed E-state index contributed by atoms with van der Waals surface area (Å²) in [5.41, 5.74) is -0.542. The molecule has 18 heavy (non-hydrogen) atoms. The Morgan fingerprint density at radius 1 is 1.50 bits per heavy atom. The maximum absolute atomic E-state index is 12.2. The smallest absolute Gasteiger partial charge is 0.242 e. The highest BCUT2D eigenvalue weighted by atomic mass is 79.9. The van der Waals surface area contributed by atoms with Crippen LogP contribution in [0.15, 0.2) is 27.8 Å². The summed E-state index contributed by atoms with van der Waals surface area (Å²) in [6.07, 6.45) is 4.51. The molecular weight excluding hydrogens is 320 g/mol. The first-order chi connectivity index (χ1) is 8.41. The zero-order valence-electron chi connectivity index (χ0n) is 10.0.